The second-order valence-corrected chi connectivity index (χ2v) is 6.76. The minimum atomic E-state index is 0.751. The Morgan fingerprint density at radius 2 is 1.50 bits per heavy atom. The molecule has 0 radical (unpaired) electrons. The van der Waals surface area contributed by atoms with Crippen LogP contribution in [0.1, 0.15) is 16.7 Å². The lowest BCUT2D eigenvalue weighted by molar-refractivity contribution is 0.846. The second-order valence-electron chi connectivity index (χ2n) is 6.38. The van der Waals surface area contributed by atoms with Gasteiger partial charge in [0.2, 0.25) is 0 Å². The van der Waals surface area contributed by atoms with Gasteiger partial charge in [-0.2, -0.15) is 0 Å². The molecule has 0 spiro atoms. The summed E-state index contributed by atoms with van der Waals surface area (Å²) in [4.78, 5) is 2.17. The highest BCUT2D eigenvalue weighted by Gasteiger charge is 2.13. The van der Waals surface area contributed by atoms with Crippen LogP contribution in [0.25, 0.3) is 0 Å². The fourth-order valence-electron chi connectivity index (χ4n) is 2.90. The number of rotatable bonds is 6. The highest BCUT2D eigenvalue weighted by molar-refractivity contribution is 7.80. The zero-order valence-corrected chi connectivity index (χ0v) is 15.9. The van der Waals surface area contributed by atoms with Gasteiger partial charge in [-0.25, -0.2) is 0 Å². The molecule has 26 heavy (non-hydrogen) atoms. The fourth-order valence-corrected chi connectivity index (χ4v) is 3.17. The molecule has 0 aliphatic heterocycles. The van der Waals surface area contributed by atoms with Gasteiger partial charge in [0.1, 0.15) is 0 Å². The van der Waals surface area contributed by atoms with E-state index >= 15 is 0 Å². The molecule has 3 rings (SSSR count). The van der Waals surface area contributed by atoms with Gasteiger partial charge in [0.15, 0.2) is 5.11 Å². The van der Waals surface area contributed by atoms with Crippen LogP contribution < -0.4 is 10.2 Å². The predicted octanol–water partition coefficient (Wildman–Crippen LogP) is 5.12. The Labute approximate surface area is 161 Å². The first-order valence-electron chi connectivity index (χ1n) is 8.92. The third kappa shape index (κ3) is 5.17. The summed E-state index contributed by atoms with van der Waals surface area (Å²) >= 11 is 5.73. The van der Waals surface area contributed by atoms with E-state index in [2.05, 4.69) is 89.9 Å². The maximum absolute atomic E-state index is 5.73. The van der Waals surface area contributed by atoms with Crippen molar-refractivity contribution in [3.63, 3.8) is 0 Å². The van der Waals surface area contributed by atoms with Crippen LogP contribution in [0.15, 0.2) is 84.9 Å². The molecule has 3 aromatic rings. The first-order valence-corrected chi connectivity index (χ1v) is 9.33. The van der Waals surface area contributed by atoms with Gasteiger partial charge in [-0.1, -0.05) is 72.8 Å². The molecule has 0 saturated heterocycles. The van der Waals surface area contributed by atoms with Crippen molar-refractivity contribution in [1.29, 1.82) is 0 Å². The Morgan fingerprint density at radius 3 is 2.15 bits per heavy atom. The molecule has 1 N–H and O–H groups in total. The van der Waals surface area contributed by atoms with Crippen LogP contribution >= 0.6 is 12.2 Å². The molecule has 0 aliphatic rings. The SMILES string of the molecule is Cc1cccc(N(Cc2ccccc2)C(=S)NCCc2ccccc2)c1. The summed E-state index contributed by atoms with van der Waals surface area (Å²) in [5.41, 5.74) is 4.90. The molecule has 0 unspecified atom stereocenters. The molecule has 0 aromatic heterocycles. The van der Waals surface area contributed by atoms with Gasteiger partial charge < -0.3 is 10.2 Å². The summed E-state index contributed by atoms with van der Waals surface area (Å²) in [7, 11) is 0. The van der Waals surface area contributed by atoms with Gasteiger partial charge in [0.05, 0.1) is 6.54 Å². The van der Waals surface area contributed by atoms with Crippen molar-refractivity contribution >= 4 is 23.0 Å². The molecule has 0 amide bonds. The average molecular weight is 361 g/mol. The van der Waals surface area contributed by atoms with Crippen LogP contribution in [-0.2, 0) is 13.0 Å². The van der Waals surface area contributed by atoms with Crippen molar-refractivity contribution in [3.05, 3.63) is 102 Å². The summed E-state index contributed by atoms with van der Waals surface area (Å²) in [5, 5.41) is 4.19. The van der Waals surface area contributed by atoms with Gasteiger partial charge in [0, 0.05) is 12.2 Å². The fraction of sp³-hybridized carbons (Fsp3) is 0.174. The average Bonchev–Trinajstić information content (AvgIpc) is 2.67. The van der Waals surface area contributed by atoms with E-state index in [4.69, 9.17) is 12.2 Å². The molecule has 0 bridgehead atoms. The number of hydrogen-bond acceptors (Lipinski definition) is 1. The lowest BCUT2D eigenvalue weighted by Crippen LogP contribution is -2.40. The van der Waals surface area contributed by atoms with Crippen molar-refractivity contribution in [2.75, 3.05) is 11.4 Å². The molecule has 132 valence electrons. The van der Waals surface area contributed by atoms with Gasteiger partial charge in [0.25, 0.3) is 0 Å². The minimum Gasteiger partial charge on any atom is -0.362 e. The Balaban J connectivity index is 1.70. The van der Waals surface area contributed by atoms with Gasteiger partial charge in [-0.05, 0) is 54.4 Å². The first-order chi connectivity index (χ1) is 12.7. The number of nitrogens with zero attached hydrogens (tertiary/aromatic N) is 1. The van der Waals surface area contributed by atoms with Crippen LogP contribution in [0.4, 0.5) is 5.69 Å². The lowest BCUT2D eigenvalue weighted by atomic mass is 10.1. The van der Waals surface area contributed by atoms with Crippen molar-refractivity contribution in [1.82, 2.24) is 5.32 Å². The monoisotopic (exact) mass is 360 g/mol. The standard InChI is InChI=1S/C23H24N2S/c1-19-9-8-14-22(17-19)25(18-21-12-6-3-7-13-21)23(26)24-16-15-20-10-4-2-5-11-20/h2-14,17H,15-16,18H2,1H3,(H,24,26). The summed E-state index contributed by atoms with van der Waals surface area (Å²) in [5.74, 6) is 0. The third-order valence-corrected chi connectivity index (χ3v) is 4.64. The molecule has 2 nitrogen and oxygen atoms in total. The smallest absolute Gasteiger partial charge is 0.173 e. The summed E-state index contributed by atoms with van der Waals surface area (Å²) in [6.07, 6.45) is 0.952. The largest absolute Gasteiger partial charge is 0.362 e. The Hall–Kier alpha value is -2.65. The van der Waals surface area contributed by atoms with Gasteiger partial charge in [-0.3, -0.25) is 0 Å². The molecule has 3 heteroatoms. The van der Waals surface area contributed by atoms with E-state index in [1.807, 2.05) is 12.1 Å². The molecule has 0 heterocycles. The van der Waals surface area contributed by atoms with E-state index in [-0.39, 0.29) is 0 Å². The normalized spacial score (nSPS) is 10.3. The summed E-state index contributed by atoms with van der Waals surface area (Å²) in [6.45, 7) is 3.68. The van der Waals surface area contributed by atoms with E-state index in [0.717, 1.165) is 30.3 Å². The van der Waals surface area contributed by atoms with Gasteiger partial charge >= 0.3 is 0 Å². The molecular weight excluding hydrogens is 336 g/mol. The van der Waals surface area contributed by atoms with Gasteiger partial charge in [-0.15, -0.1) is 0 Å². The maximum Gasteiger partial charge on any atom is 0.173 e. The number of anilines is 1. The van der Waals surface area contributed by atoms with Crippen LogP contribution in [0.2, 0.25) is 0 Å². The molecule has 0 saturated carbocycles. The lowest BCUT2D eigenvalue weighted by Gasteiger charge is -2.26. The Bertz CT molecular complexity index is 831. The highest BCUT2D eigenvalue weighted by Crippen LogP contribution is 2.19. The molecule has 0 aliphatic carbocycles. The Kier molecular flexibility index (Phi) is 6.39. The van der Waals surface area contributed by atoms with E-state index in [1.165, 1.54) is 16.7 Å². The van der Waals surface area contributed by atoms with E-state index < -0.39 is 0 Å². The summed E-state index contributed by atoms with van der Waals surface area (Å²) in [6, 6.07) is 29.4. The predicted molar refractivity (Wildman–Crippen MR) is 115 cm³/mol. The number of aryl methyl sites for hydroxylation is 1. The van der Waals surface area contributed by atoms with Crippen LogP contribution in [-0.4, -0.2) is 11.7 Å². The van der Waals surface area contributed by atoms with E-state index in [1.54, 1.807) is 0 Å². The van der Waals surface area contributed by atoms with Crippen molar-refractivity contribution < 1.29 is 0 Å². The van der Waals surface area contributed by atoms with Crippen LogP contribution in [0, 0.1) is 6.92 Å². The van der Waals surface area contributed by atoms with E-state index in [9.17, 15) is 0 Å². The van der Waals surface area contributed by atoms with Crippen molar-refractivity contribution in [2.45, 2.75) is 19.9 Å². The second kappa shape index (κ2) is 9.16. The number of hydrogen-bond donors (Lipinski definition) is 1. The summed E-state index contributed by atoms with van der Waals surface area (Å²) < 4.78 is 0. The maximum atomic E-state index is 5.73. The third-order valence-electron chi connectivity index (χ3n) is 4.27. The first kappa shape index (κ1) is 18.2. The molecular formula is C23H24N2S. The Morgan fingerprint density at radius 1 is 0.846 bits per heavy atom. The highest BCUT2D eigenvalue weighted by atomic mass is 32.1. The van der Waals surface area contributed by atoms with Crippen molar-refractivity contribution in [3.8, 4) is 0 Å². The van der Waals surface area contributed by atoms with E-state index in [0.29, 0.717) is 0 Å². The zero-order valence-electron chi connectivity index (χ0n) is 15.1. The number of thiocarbonyl (C=S) groups is 1. The van der Waals surface area contributed by atoms with Crippen molar-refractivity contribution in [2.24, 2.45) is 0 Å². The zero-order chi connectivity index (χ0) is 18.2. The number of benzene rings is 3. The van der Waals surface area contributed by atoms with Crippen LogP contribution in [0.3, 0.4) is 0 Å². The molecule has 0 atom stereocenters. The number of nitrogens with one attached hydrogen (secondary N) is 1. The topological polar surface area (TPSA) is 15.3 Å². The molecule has 0 fully saturated rings. The minimum absolute atomic E-state index is 0.751. The van der Waals surface area contributed by atoms with Crippen LogP contribution in [0.5, 0.6) is 0 Å². The molecule has 3 aromatic carbocycles. The quantitative estimate of drug-likeness (QED) is 0.614.